The molecule has 0 bridgehead atoms. The van der Waals surface area contributed by atoms with E-state index in [-0.39, 0.29) is 0 Å². The van der Waals surface area contributed by atoms with Crippen LogP contribution in [0.15, 0.2) is 42.7 Å². The van der Waals surface area contributed by atoms with Gasteiger partial charge in [0.15, 0.2) is 0 Å². The number of hydrogen-bond acceptors (Lipinski definition) is 4. The number of aromatic nitrogens is 1. The summed E-state index contributed by atoms with van der Waals surface area (Å²) in [6.45, 7) is 0. The summed E-state index contributed by atoms with van der Waals surface area (Å²) in [6, 6.07) is 9.13. The lowest BCUT2D eigenvalue weighted by molar-refractivity contribution is 0.174. The van der Waals surface area contributed by atoms with Gasteiger partial charge in [0.05, 0.1) is 13.2 Å². The molecule has 0 aliphatic carbocycles. The fraction of sp³-hybridized carbons (Fsp3) is 0.214. The molecule has 3 N–H and O–H groups in total. The van der Waals surface area contributed by atoms with Gasteiger partial charge in [-0.15, -0.1) is 0 Å². The van der Waals surface area contributed by atoms with Gasteiger partial charge in [0.2, 0.25) is 0 Å². The molecule has 94 valence electrons. The van der Waals surface area contributed by atoms with E-state index in [0.29, 0.717) is 17.9 Å². The number of hydrogen-bond donors (Lipinski definition) is 2. The van der Waals surface area contributed by atoms with Crippen molar-refractivity contribution in [3.63, 3.8) is 0 Å². The lowest BCUT2D eigenvalue weighted by atomic mass is 10.0. The molecular formula is C14H16N2O2. The highest BCUT2D eigenvalue weighted by molar-refractivity contribution is 5.45. The molecule has 0 amide bonds. The SMILES string of the molecule is COc1ccccc1C(O)Cc1cnccc1N. The highest BCUT2D eigenvalue weighted by atomic mass is 16.5. The van der Waals surface area contributed by atoms with E-state index in [0.717, 1.165) is 11.1 Å². The van der Waals surface area contributed by atoms with Gasteiger partial charge in [-0.25, -0.2) is 0 Å². The van der Waals surface area contributed by atoms with Crippen LogP contribution in [-0.2, 0) is 6.42 Å². The van der Waals surface area contributed by atoms with E-state index in [9.17, 15) is 5.11 Å². The van der Waals surface area contributed by atoms with Crippen molar-refractivity contribution < 1.29 is 9.84 Å². The second-order valence-electron chi connectivity index (χ2n) is 4.04. The molecule has 0 saturated carbocycles. The number of nitrogens with two attached hydrogens (primary N) is 1. The lowest BCUT2D eigenvalue weighted by Crippen LogP contribution is -2.06. The van der Waals surface area contributed by atoms with Crippen molar-refractivity contribution >= 4 is 5.69 Å². The van der Waals surface area contributed by atoms with Gasteiger partial charge in [-0.3, -0.25) is 4.98 Å². The van der Waals surface area contributed by atoms with Crippen molar-refractivity contribution in [2.75, 3.05) is 12.8 Å². The topological polar surface area (TPSA) is 68.4 Å². The maximum Gasteiger partial charge on any atom is 0.124 e. The second kappa shape index (κ2) is 5.51. The Morgan fingerprint density at radius 1 is 1.33 bits per heavy atom. The number of nitrogen functional groups attached to an aromatic ring is 1. The van der Waals surface area contributed by atoms with E-state index in [1.54, 1.807) is 25.6 Å². The Bertz CT molecular complexity index is 529. The molecule has 4 nitrogen and oxygen atoms in total. The number of rotatable bonds is 4. The van der Waals surface area contributed by atoms with Gasteiger partial charge >= 0.3 is 0 Å². The normalized spacial score (nSPS) is 12.1. The Kier molecular flexibility index (Phi) is 3.79. The minimum atomic E-state index is -0.660. The van der Waals surface area contributed by atoms with Gasteiger partial charge in [-0.2, -0.15) is 0 Å². The number of aliphatic hydroxyl groups excluding tert-OH is 1. The second-order valence-corrected chi connectivity index (χ2v) is 4.04. The quantitative estimate of drug-likeness (QED) is 0.862. The van der Waals surface area contributed by atoms with Crippen LogP contribution in [0.5, 0.6) is 5.75 Å². The van der Waals surface area contributed by atoms with Crippen LogP contribution in [0.4, 0.5) is 5.69 Å². The molecule has 0 spiro atoms. The molecule has 4 heteroatoms. The Labute approximate surface area is 106 Å². The monoisotopic (exact) mass is 244 g/mol. The minimum absolute atomic E-state index is 0.417. The third kappa shape index (κ3) is 2.60. The van der Waals surface area contributed by atoms with Crippen LogP contribution in [-0.4, -0.2) is 17.2 Å². The van der Waals surface area contributed by atoms with Crippen LogP contribution in [0.1, 0.15) is 17.2 Å². The van der Waals surface area contributed by atoms with Crippen molar-refractivity contribution in [2.24, 2.45) is 0 Å². The molecule has 0 aliphatic rings. The summed E-state index contributed by atoms with van der Waals surface area (Å²) in [5, 5.41) is 10.2. The smallest absolute Gasteiger partial charge is 0.124 e. The van der Waals surface area contributed by atoms with Gasteiger partial charge in [-0.05, 0) is 17.7 Å². The van der Waals surface area contributed by atoms with Crippen molar-refractivity contribution in [2.45, 2.75) is 12.5 Å². The average Bonchev–Trinajstić information content (AvgIpc) is 2.41. The fourth-order valence-electron chi connectivity index (χ4n) is 1.87. The third-order valence-electron chi connectivity index (χ3n) is 2.85. The number of para-hydroxylation sites is 1. The van der Waals surface area contributed by atoms with Crippen LogP contribution in [0.25, 0.3) is 0 Å². The molecule has 0 aliphatic heterocycles. The maximum absolute atomic E-state index is 10.2. The summed E-state index contributed by atoms with van der Waals surface area (Å²) in [4.78, 5) is 4.01. The Morgan fingerprint density at radius 2 is 2.11 bits per heavy atom. The number of nitrogens with zero attached hydrogens (tertiary/aromatic N) is 1. The first-order valence-electron chi connectivity index (χ1n) is 5.71. The maximum atomic E-state index is 10.2. The van der Waals surface area contributed by atoms with Crippen molar-refractivity contribution in [1.29, 1.82) is 0 Å². The molecule has 18 heavy (non-hydrogen) atoms. The summed E-state index contributed by atoms with van der Waals surface area (Å²) in [5.74, 6) is 0.674. The summed E-state index contributed by atoms with van der Waals surface area (Å²) in [5.41, 5.74) is 8.06. The highest BCUT2D eigenvalue weighted by Gasteiger charge is 2.14. The molecule has 1 heterocycles. The molecule has 1 unspecified atom stereocenters. The van der Waals surface area contributed by atoms with E-state index < -0.39 is 6.10 Å². The summed E-state index contributed by atoms with van der Waals surface area (Å²) in [7, 11) is 1.59. The highest BCUT2D eigenvalue weighted by Crippen LogP contribution is 2.28. The van der Waals surface area contributed by atoms with Gasteiger partial charge < -0.3 is 15.6 Å². The summed E-state index contributed by atoms with van der Waals surface area (Å²) >= 11 is 0. The molecule has 0 fully saturated rings. The molecule has 2 aromatic rings. The Balaban J connectivity index is 2.22. The van der Waals surface area contributed by atoms with Gasteiger partial charge in [0.1, 0.15) is 5.75 Å². The molecule has 0 radical (unpaired) electrons. The van der Waals surface area contributed by atoms with E-state index in [1.807, 2.05) is 24.3 Å². The van der Waals surface area contributed by atoms with E-state index >= 15 is 0 Å². The zero-order chi connectivity index (χ0) is 13.0. The lowest BCUT2D eigenvalue weighted by Gasteiger charge is -2.15. The van der Waals surface area contributed by atoms with Crippen LogP contribution >= 0.6 is 0 Å². The number of pyridine rings is 1. The number of anilines is 1. The first kappa shape index (κ1) is 12.4. The molecule has 1 aromatic heterocycles. The molecule has 1 aromatic carbocycles. The fourth-order valence-corrected chi connectivity index (χ4v) is 1.87. The van der Waals surface area contributed by atoms with Crippen molar-refractivity contribution in [3.8, 4) is 5.75 Å². The van der Waals surface area contributed by atoms with E-state index in [4.69, 9.17) is 10.5 Å². The molecule has 0 saturated heterocycles. The predicted octanol–water partition coefficient (Wildman–Crippen LogP) is 1.95. The largest absolute Gasteiger partial charge is 0.496 e. The first-order valence-corrected chi connectivity index (χ1v) is 5.71. The average molecular weight is 244 g/mol. The van der Waals surface area contributed by atoms with Crippen LogP contribution in [0.3, 0.4) is 0 Å². The number of benzene rings is 1. The molecular weight excluding hydrogens is 228 g/mol. The van der Waals surface area contributed by atoms with Gasteiger partial charge in [-0.1, -0.05) is 18.2 Å². The Hall–Kier alpha value is -2.07. The molecule has 2 rings (SSSR count). The summed E-state index contributed by atoms with van der Waals surface area (Å²) < 4.78 is 5.23. The van der Waals surface area contributed by atoms with Crippen LogP contribution < -0.4 is 10.5 Å². The predicted molar refractivity (Wildman–Crippen MR) is 70.3 cm³/mol. The standard InChI is InChI=1S/C14H16N2O2/c1-18-14-5-3-2-4-11(14)13(17)8-10-9-16-7-6-12(10)15/h2-7,9,13,17H,8H2,1H3,(H2,15,16). The Morgan fingerprint density at radius 3 is 2.83 bits per heavy atom. The zero-order valence-corrected chi connectivity index (χ0v) is 10.2. The van der Waals surface area contributed by atoms with Gasteiger partial charge in [0, 0.05) is 30.1 Å². The number of aliphatic hydroxyl groups is 1. The molecule has 1 atom stereocenters. The van der Waals surface area contributed by atoms with Gasteiger partial charge in [0.25, 0.3) is 0 Å². The minimum Gasteiger partial charge on any atom is -0.496 e. The first-order chi connectivity index (χ1) is 8.72. The van der Waals surface area contributed by atoms with Crippen molar-refractivity contribution in [1.82, 2.24) is 4.98 Å². The van der Waals surface area contributed by atoms with Crippen molar-refractivity contribution in [3.05, 3.63) is 53.9 Å². The van der Waals surface area contributed by atoms with E-state index in [2.05, 4.69) is 4.98 Å². The zero-order valence-electron chi connectivity index (χ0n) is 10.2. The number of methoxy groups -OCH3 is 1. The van der Waals surface area contributed by atoms with Crippen LogP contribution in [0, 0.1) is 0 Å². The third-order valence-corrected chi connectivity index (χ3v) is 2.85. The number of ether oxygens (including phenoxy) is 1. The van der Waals surface area contributed by atoms with Crippen LogP contribution in [0.2, 0.25) is 0 Å². The summed E-state index contributed by atoms with van der Waals surface area (Å²) in [6.07, 6.45) is 3.06. The van der Waals surface area contributed by atoms with E-state index in [1.165, 1.54) is 0 Å².